The molecule has 0 heterocycles. The van der Waals surface area contributed by atoms with Crippen LogP contribution in [-0.4, -0.2) is 0 Å². The van der Waals surface area contributed by atoms with E-state index in [0.717, 1.165) is 47.3 Å². The highest BCUT2D eigenvalue weighted by molar-refractivity contribution is 5.08. The van der Waals surface area contributed by atoms with Gasteiger partial charge >= 0.3 is 0 Å². The summed E-state index contributed by atoms with van der Waals surface area (Å²) in [7, 11) is 0. The minimum atomic E-state index is 0.699. The number of fused-ring (bicyclic) bond motifs is 5. The van der Waals surface area contributed by atoms with E-state index in [1.165, 1.54) is 37.7 Å². The minimum absolute atomic E-state index is 0.699. The number of allylic oxidation sites excluding steroid dienone is 1. The lowest BCUT2D eigenvalue weighted by Gasteiger charge is -2.57. The normalized spacial score (nSPS) is 47.6. The Balaban J connectivity index is 1.50. The summed E-state index contributed by atoms with van der Waals surface area (Å²) in [6.07, 6.45) is 18.1. The summed E-state index contributed by atoms with van der Waals surface area (Å²) in [6.45, 7) is 14.0. The number of hydrogen-bond acceptors (Lipinski definition) is 0. The molecule has 0 saturated heterocycles. The first-order valence-corrected chi connectivity index (χ1v) is 12.6. The predicted octanol–water partition coefficient (Wildman–Crippen LogP) is 8.27. The molecule has 0 aromatic heterocycles. The van der Waals surface area contributed by atoms with Crippen molar-refractivity contribution in [1.82, 2.24) is 0 Å². The Labute approximate surface area is 170 Å². The van der Waals surface area contributed by atoms with Gasteiger partial charge < -0.3 is 0 Å². The molecule has 0 heteroatoms. The zero-order valence-corrected chi connectivity index (χ0v) is 18.8. The van der Waals surface area contributed by atoms with Crippen molar-refractivity contribution in [3.8, 4) is 0 Å². The van der Waals surface area contributed by atoms with Crippen LogP contribution >= 0.6 is 0 Å². The third kappa shape index (κ3) is 3.46. The summed E-state index contributed by atoms with van der Waals surface area (Å²) < 4.78 is 0. The van der Waals surface area contributed by atoms with Gasteiger partial charge in [0.05, 0.1) is 0 Å². The fourth-order valence-electron chi connectivity index (χ4n) is 9.17. The Kier molecular flexibility index (Phi) is 5.84. The molecule has 0 nitrogen and oxygen atoms in total. The van der Waals surface area contributed by atoms with E-state index >= 15 is 0 Å². The maximum atomic E-state index is 4.17. The zero-order chi connectivity index (χ0) is 19.2. The Bertz CT molecular complexity index is 532. The maximum Gasteiger partial charge on any atom is -0.0238 e. The van der Waals surface area contributed by atoms with E-state index < -0.39 is 0 Å². The lowest BCUT2D eigenvalue weighted by molar-refractivity contribution is -0.0828. The van der Waals surface area contributed by atoms with Crippen molar-refractivity contribution >= 4 is 0 Å². The lowest BCUT2D eigenvalue weighted by Crippen LogP contribution is -2.50. The van der Waals surface area contributed by atoms with Gasteiger partial charge in [0.1, 0.15) is 0 Å². The van der Waals surface area contributed by atoms with Crippen LogP contribution in [0.25, 0.3) is 0 Å². The fraction of sp³-hybridized carbons (Fsp3) is 0.926. The smallest absolute Gasteiger partial charge is 0.0238 e. The van der Waals surface area contributed by atoms with Gasteiger partial charge in [0.25, 0.3) is 0 Å². The summed E-state index contributed by atoms with van der Waals surface area (Å²) in [5, 5.41) is 0. The SMILES string of the molecule is C=C(C)CC[C@@H](C)C1CCC2C3CCC4C[C@H](C)CCC4C3CCC21CC. The van der Waals surface area contributed by atoms with Crippen molar-refractivity contribution in [1.29, 1.82) is 0 Å². The van der Waals surface area contributed by atoms with Gasteiger partial charge in [-0.25, -0.2) is 0 Å². The molecule has 7 unspecified atom stereocenters. The van der Waals surface area contributed by atoms with E-state index in [4.69, 9.17) is 0 Å². The fourth-order valence-corrected chi connectivity index (χ4v) is 9.17. The average Bonchev–Trinajstić information content (AvgIpc) is 3.05. The van der Waals surface area contributed by atoms with Crippen LogP contribution in [0.3, 0.4) is 0 Å². The van der Waals surface area contributed by atoms with Gasteiger partial charge in [0.15, 0.2) is 0 Å². The van der Waals surface area contributed by atoms with E-state index in [1.807, 2.05) is 0 Å². The second kappa shape index (κ2) is 7.87. The zero-order valence-electron chi connectivity index (χ0n) is 18.8. The van der Waals surface area contributed by atoms with E-state index in [1.54, 1.807) is 44.9 Å². The molecule has 9 atom stereocenters. The Morgan fingerprint density at radius 1 is 1.00 bits per heavy atom. The molecule has 4 fully saturated rings. The molecule has 27 heavy (non-hydrogen) atoms. The Hall–Kier alpha value is -0.260. The van der Waals surface area contributed by atoms with Gasteiger partial charge in [-0.15, -0.1) is 6.58 Å². The van der Waals surface area contributed by atoms with Crippen LogP contribution in [0.1, 0.15) is 105 Å². The standard InChI is InChI=1S/C27H46/c1-6-27-16-15-23-22-11-8-19(4)17-21(22)10-12-24(23)26(27)14-13-25(27)20(5)9-7-18(2)3/h19-26H,2,6-17H2,1,3-5H3/t19-,20-,21?,22?,23?,24?,25?,26?,27?/m1/s1. The minimum Gasteiger partial charge on any atom is -0.100 e. The van der Waals surface area contributed by atoms with Crippen LogP contribution in [-0.2, 0) is 0 Å². The molecule has 0 aromatic rings. The molecular weight excluding hydrogens is 324 g/mol. The third-order valence-electron chi connectivity index (χ3n) is 10.4. The van der Waals surface area contributed by atoms with E-state index in [2.05, 4.69) is 34.3 Å². The maximum absolute atomic E-state index is 4.17. The molecule has 4 saturated carbocycles. The number of rotatable bonds is 5. The molecular formula is C27H46. The molecule has 4 aliphatic rings. The molecule has 0 aromatic carbocycles. The van der Waals surface area contributed by atoms with Crippen LogP contribution in [0.4, 0.5) is 0 Å². The third-order valence-corrected chi connectivity index (χ3v) is 10.4. The first kappa shape index (κ1) is 20.0. The van der Waals surface area contributed by atoms with Gasteiger partial charge in [0, 0.05) is 0 Å². The van der Waals surface area contributed by atoms with Crippen molar-refractivity contribution < 1.29 is 0 Å². The summed E-state index contributed by atoms with van der Waals surface area (Å²) >= 11 is 0. The van der Waals surface area contributed by atoms with E-state index in [-0.39, 0.29) is 0 Å². The summed E-state index contributed by atoms with van der Waals surface area (Å²) in [5.74, 6) is 8.36. The predicted molar refractivity (Wildman–Crippen MR) is 118 cm³/mol. The van der Waals surface area contributed by atoms with Crippen molar-refractivity contribution in [3.63, 3.8) is 0 Å². The second-order valence-electron chi connectivity index (χ2n) is 11.6. The summed E-state index contributed by atoms with van der Waals surface area (Å²) in [5.41, 5.74) is 2.08. The monoisotopic (exact) mass is 370 g/mol. The molecule has 154 valence electrons. The highest BCUT2D eigenvalue weighted by Crippen LogP contribution is 2.67. The van der Waals surface area contributed by atoms with Crippen LogP contribution in [0.2, 0.25) is 0 Å². The van der Waals surface area contributed by atoms with E-state index in [0.29, 0.717) is 5.41 Å². The quantitative estimate of drug-likeness (QED) is 0.427. The second-order valence-corrected chi connectivity index (χ2v) is 11.6. The largest absolute Gasteiger partial charge is 0.100 e. The molecule has 0 N–H and O–H groups in total. The van der Waals surface area contributed by atoms with Crippen LogP contribution in [0.5, 0.6) is 0 Å². The topological polar surface area (TPSA) is 0 Å². The molecule has 0 spiro atoms. The Morgan fingerprint density at radius 2 is 1.78 bits per heavy atom. The Morgan fingerprint density at radius 3 is 2.52 bits per heavy atom. The van der Waals surface area contributed by atoms with Crippen molar-refractivity contribution in [2.75, 3.05) is 0 Å². The summed E-state index contributed by atoms with van der Waals surface area (Å²) in [6, 6.07) is 0. The van der Waals surface area contributed by atoms with Gasteiger partial charge in [-0.2, -0.15) is 0 Å². The highest BCUT2D eigenvalue weighted by Gasteiger charge is 2.58. The molecule has 4 rings (SSSR count). The van der Waals surface area contributed by atoms with Gasteiger partial charge in [-0.3, -0.25) is 0 Å². The lowest BCUT2D eigenvalue weighted by atomic mass is 9.47. The van der Waals surface area contributed by atoms with Gasteiger partial charge in [-0.05, 0) is 130 Å². The van der Waals surface area contributed by atoms with Crippen LogP contribution < -0.4 is 0 Å². The van der Waals surface area contributed by atoms with Crippen LogP contribution in [0, 0.1) is 52.8 Å². The average molecular weight is 371 g/mol. The molecule has 0 bridgehead atoms. The molecule has 0 radical (unpaired) electrons. The molecule has 4 aliphatic carbocycles. The molecule has 0 amide bonds. The van der Waals surface area contributed by atoms with Crippen LogP contribution in [0.15, 0.2) is 12.2 Å². The van der Waals surface area contributed by atoms with Gasteiger partial charge in [-0.1, -0.05) is 32.8 Å². The first-order valence-electron chi connectivity index (χ1n) is 12.6. The summed E-state index contributed by atoms with van der Waals surface area (Å²) in [4.78, 5) is 0. The van der Waals surface area contributed by atoms with Crippen molar-refractivity contribution in [2.24, 2.45) is 52.8 Å². The number of hydrogen-bond donors (Lipinski definition) is 0. The first-order chi connectivity index (χ1) is 13.0. The molecule has 0 aliphatic heterocycles. The van der Waals surface area contributed by atoms with Gasteiger partial charge in [0.2, 0.25) is 0 Å². The van der Waals surface area contributed by atoms with Crippen molar-refractivity contribution in [2.45, 2.75) is 105 Å². The highest BCUT2D eigenvalue weighted by atomic mass is 14.6. The van der Waals surface area contributed by atoms with E-state index in [9.17, 15) is 0 Å². The van der Waals surface area contributed by atoms with Crippen molar-refractivity contribution in [3.05, 3.63) is 12.2 Å².